The van der Waals surface area contributed by atoms with Crippen LogP contribution in [0.5, 0.6) is 0 Å². The fourth-order valence-corrected chi connectivity index (χ4v) is 3.06. The quantitative estimate of drug-likeness (QED) is 0.725. The van der Waals surface area contributed by atoms with Crippen molar-refractivity contribution in [2.45, 2.75) is 44.8 Å². The number of aliphatic hydroxyl groups is 2. The summed E-state index contributed by atoms with van der Waals surface area (Å²) in [5.41, 5.74) is 0.738. The second-order valence-electron chi connectivity index (χ2n) is 4.95. The summed E-state index contributed by atoms with van der Waals surface area (Å²) in [6, 6.07) is -0.0868. The minimum absolute atomic E-state index is 0.0449. The number of hydrogen-bond acceptors (Lipinski definition) is 6. The largest absolute Gasteiger partial charge is 0.396 e. The predicted octanol–water partition coefficient (Wildman–Crippen LogP) is 0.352. The monoisotopic (exact) mass is 285 g/mol. The second kappa shape index (κ2) is 6.40. The van der Waals surface area contributed by atoms with E-state index in [0.29, 0.717) is 17.7 Å². The van der Waals surface area contributed by atoms with Crippen LogP contribution in [-0.2, 0) is 6.42 Å². The van der Waals surface area contributed by atoms with Crippen molar-refractivity contribution in [1.29, 1.82) is 0 Å². The molecule has 3 N–H and O–H groups in total. The van der Waals surface area contributed by atoms with Gasteiger partial charge in [-0.05, 0) is 30.8 Å². The maximum absolute atomic E-state index is 12.1. The summed E-state index contributed by atoms with van der Waals surface area (Å²) < 4.78 is 3.82. The van der Waals surface area contributed by atoms with Crippen molar-refractivity contribution >= 4 is 17.4 Å². The molecule has 7 heteroatoms. The zero-order valence-corrected chi connectivity index (χ0v) is 11.7. The molecule has 0 aliphatic heterocycles. The van der Waals surface area contributed by atoms with Crippen molar-refractivity contribution in [3.8, 4) is 0 Å². The van der Waals surface area contributed by atoms with E-state index in [1.165, 1.54) is 0 Å². The van der Waals surface area contributed by atoms with Crippen LogP contribution in [0.1, 0.15) is 41.6 Å². The Morgan fingerprint density at radius 1 is 1.53 bits per heavy atom. The Kier molecular flexibility index (Phi) is 4.84. The Bertz CT molecular complexity index is 438. The van der Waals surface area contributed by atoms with Crippen LogP contribution in [0.2, 0.25) is 0 Å². The average molecular weight is 285 g/mol. The Morgan fingerprint density at radius 2 is 2.32 bits per heavy atom. The maximum atomic E-state index is 12.1. The lowest BCUT2D eigenvalue weighted by molar-refractivity contribution is 0.0904. The summed E-state index contributed by atoms with van der Waals surface area (Å²) in [6.45, 7) is 1.98. The smallest absolute Gasteiger partial charge is 0.265 e. The van der Waals surface area contributed by atoms with E-state index in [1.54, 1.807) is 0 Å². The first kappa shape index (κ1) is 14.4. The molecule has 19 heavy (non-hydrogen) atoms. The number of carbonyl (C=O) groups excluding carboxylic acids is 1. The third-order valence-corrected chi connectivity index (χ3v) is 4.24. The van der Waals surface area contributed by atoms with E-state index < -0.39 is 6.10 Å². The van der Waals surface area contributed by atoms with E-state index in [2.05, 4.69) is 14.9 Å². The van der Waals surface area contributed by atoms with Crippen LogP contribution in [0.15, 0.2) is 0 Å². The normalized spacial score (nSPS) is 26.6. The second-order valence-corrected chi connectivity index (χ2v) is 5.70. The molecular formula is C12H19N3O3S. The van der Waals surface area contributed by atoms with Gasteiger partial charge in [0, 0.05) is 18.6 Å². The molecule has 1 amide bonds. The van der Waals surface area contributed by atoms with Crippen LogP contribution in [-0.4, -0.2) is 44.5 Å². The summed E-state index contributed by atoms with van der Waals surface area (Å²) in [5, 5.41) is 25.7. The van der Waals surface area contributed by atoms with Crippen LogP contribution in [0, 0.1) is 5.92 Å². The Balaban J connectivity index is 1.96. The molecule has 0 aromatic carbocycles. The fraction of sp³-hybridized carbons (Fsp3) is 0.750. The lowest BCUT2D eigenvalue weighted by Gasteiger charge is -2.11. The SMILES string of the molecule is CCCc1nnsc1C(=O)N[C@H]1C[C@@H](CO)[C@@H](O)C1. The summed E-state index contributed by atoms with van der Waals surface area (Å²) in [5.74, 6) is -0.311. The topological polar surface area (TPSA) is 95.3 Å². The molecule has 1 heterocycles. The van der Waals surface area contributed by atoms with Crippen LogP contribution >= 0.6 is 11.5 Å². The molecule has 0 radical (unpaired) electrons. The number of hydrogen-bond donors (Lipinski definition) is 3. The number of aliphatic hydroxyl groups excluding tert-OH is 2. The number of carbonyl (C=O) groups is 1. The third kappa shape index (κ3) is 3.29. The molecule has 0 saturated heterocycles. The summed E-state index contributed by atoms with van der Waals surface area (Å²) in [7, 11) is 0. The average Bonchev–Trinajstić information content (AvgIpc) is 2.96. The standard InChI is InChI=1S/C12H19N3O3S/c1-2-3-9-11(19-15-14-9)12(18)13-8-4-7(6-16)10(17)5-8/h7-8,10,16-17H,2-6H2,1H3,(H,13,18)/t7-,8-,10-/m0/s1. The van der Waals surface area contributed by atoms with Crippen LogP contribution in [0.3, 0.4) is 0 Å². The predicted molar refractivity (Wildman–Crippen MR) is 71.0 cm³/mol. The van der Waals surface area contributed by atoms with Crippen molar-refractivity contribution < 1.29 is 15.0 Å². The lowest BCUT2D eigenvalue weighted by Crippen LogP contribution is -2.33. The molecule has 3 atom stereocenters. The van der Waals surface area contributed by atoms with E-state index >= 15 is 0 Å². The van der Waals surface area contributed by atoms with Gasteiger partial charge in [0.25, 0.3) is 5.91 Å². The molecule has 0 spiro atoms. The van der Waals surface area contributed by atoms with Gasteiger partial charge >= 0.3 is 0 Å². The Morgan fingerprint density at radius 3 is 2.95 bits per heavy atom. The van der Waals surface area contributed by atoms with E-state index in [-0.39, 0.29) is 24.5 Å². The van der Waals surface area contributed by atoms with Gasteiger partial charge < -0.3 is 15.5 Å². The van der Waals surface area contributed by atoms with Crippen molar-refractivity contribution in [2.24, 2.45) is 5.92 Å². The highest BCUT2D eigenvalue weighted by Gasteiger charge is 2.33. The molecule has 6 nitrogen and oxygen atoms in total. The van der Waals surface area contributed by atoms with Crippen LogP contribution in [0.25, 0.3) is 0 Å². The molecule has 1 aromatic heterocycles. The van der Waals surface area contributed by atoms with Crippen molar-refractivity contribution in [1.82, 2.24) is 14.9 Å². The maximum Gasteiger partial charge on any atom is 0.265 e. The first-order chi connectivity index (χ1) is 9.15. The Hall–Kier alpha value is -1.05. The Labute approximate surface area is 116 Å². The van der Waals surface area contributed by atoms with Gasteiger partial charge in [0.15, 0.2) is 0 Å². The highest BCUT2D eigenvalue weighted by atomic mass is 32.1. The van der Waals surface area contributed by atoms with Crippen LogP contribution < -0.4 is 5.32 Å². The van der Waals surface area contributed by atoms with Gasteiger partial charge in [-0.25, -0.2) is 0 Å². The van der Waals surface area contributed by atoms with Gasteiger partial charge in [0.05, 0.1) is 11.8 Å². The number of amides is 1. The third-order valence-electron chi connectivity index (χ3n) is 3.48. The highest BCUT2D eigenvalue weighted by Crippen LogP contribution is 2.26. The highest BCUT2D eigenvalue weighted by molar-refractivity contribution is 7.08. The van der Waals surface area contributed by atoms with Crippen molar-refractivity contribution in [2.75, 3.05) is 6.61 Å². The molecule has 0 unspecified atom stereocenters. The molecule has 106 valence electrons. The van der Waals surface area contributed by atoms with Gasteiger partial charge in [-0.2, -0.15) is 0 Å². The first-order valence-electron chi connectivity index (χ1n) is 6.56. The summed E-state index contributed by atoms with van der Waals surface area (Å²) in [6.07, 6.45) is 2.22. The molecular weight excluding hydrogens is 266 g/mol. The minimum atomic E-state index is -0.537. The number of aryl methyl sites for hydroxylation is 1. The molecule has 0 bridgehead atoms. The molecule has 1 saturated carbocycles. The van der Waals surface area contributed by atoms with E-state index in [0.717, 1.165) is 30.1 Å². The van der Waals surface area contributed by atoms with E-state index in [9.17, 15) is 9.90 Å². The van der Waals surface area contributed by atoms with Crippen molar-refractivity contribution in [3.05, 3.63) is 10.6 Å². The molecule has 2 rings (SSSR count). The number of aromatic nitrogens is 2. The van der Waals surface area contributed by atoms with E-state index in [4.69, 9.17) is 5.11 Å². The van der Waals surface area contributed by atoms with Gasteiger partial charge in [-0.3, -0.25) is 4.79 Å². The molecule has 1 aromatic rings. The van der Waals surface area contributed by atoms with Gasteiger partial charge in [0.2, 0.25) is 0 Å². The number of rotatable bonds is 5. The zero-order valence-electron chi connectivity index (χ0n) is 10.9. The lowest BCUT2D eigenvalue weighted by atomic mass is 10.1. The zero-order chi connectivity index (χ0) is 13.8. The van der Waals surface area contributed by atoms with Gasteiger partial charge in [0.1, 0.15) is 4.88 Å². The first-order valence-corrected chi connectivity index (χ1v) is 7.34. The molecule has 1 aliphatic rings. The van der Waals surface area contributed by atoms with Gasteiger partial charge in [-0.1, -0.05) is 17.8 Å². The number of nitrogens with zero attached hydrogens (tertiary/aromatic N) is 2. The van der Waals surface area contributed by atoms with Crippen molar-refractivity contribution in [3.63, 3.8) is 0 Å². The summed E-state index contributed by atoms with van der Waals surface area (Å²) in [4.78, 5) is 12.7. The molecule has 1 aliphatic carbocycles. The number of nitrogens with one attached hydrogen (secondary N) is 1. The molecule has 1 fully saturated rings. The fourth-order valence-electron chi connectivity index (χ4n) is 2.45. The van der Waals surface area contributed by atoms with E-state index in [1.807, 2.05) is 6.92 Å². The van der Waals surface area contributed by atoms with Gasteiger partial charge in [-0.15, -0.1) is 5.10 Å². The van der Waals surface area contributed by atoms with Crippen LogP contribution in [0.4, 0.5) is 0 Å². The minimum Gasteiger partial charge on any atom is -0.396 e. The summed E-state index contributed by atoms with van der Waals surface area (Å²) >= 11 is 1.10.